The largest absolute Gasteiger partial charge is 0.497 e. The van der Waals surface area contributed by atoms with Crippen molar-refractivity contribution in [2.75, 3.05) is 36.4 Å². The minimum atomic E-state index is -4.09. The highest BCUT2D eigenvalue weighted by Gasteiger charge is 2.28. The van der Waals surface area contributed by atoms with E-state index in [4.69, 9.17) is 9.47 Å². The Morgan fingerprint density at radius 2 is 1.78 bits per heavy atom. The van der Waals surface area contributed by atoms with Gasteiger partial charge in [0.05, 0.1) is 35.0 Å². The number of benzene rings is 3. The van der Waals surface area contributed by atoms with E-state index in [0.29, 0.717) is 18.9 Å². The van der Waals surface area contributed by atoms with E-state index in [0.717, 1.165) is 17.1 Å². The Labute approximate surface area is 216 Å². The number of amides is 2. The highest BCUT2D eigenvalue weighted by atomic mass is 32.2. The molecule has 1 heterocycles. The van der Waals surface area contributed by atoms with Gasteiger partial charge in [-0.1, -0.05) is 36.4 Å². The van der Waals surface area contributed by atoms with Crippen LogP contribution in [0.25, 0.3) is 0 Å². The van der Waals surface area contributed by atoms with Gasteiger partial charge in [0.25, 0.3) is 15.9 Å². The summed E-state index contributed by atoms with van der Waals surface area (Å²) in [4.78, 5) is 26.0. The number of ether oxygens (including phenoxy) is 2. The van der Waals surface area contributed by atoms with Gasteiger partial charge in [-0.2, -0.15) is 0 Å². The quantitative estimate of drug-likeness (QED) is 0.421. The van der Waals surface area contributed by atoms with Crippen LogP contribution in [0.2, 0.25) is 0 Å². The number of sulfonamides is 1. The third kappa shape index (κ3) is 6.46. The van der Waals surface area contributed by atoms with Crippen LogP contribution in [0.15, 0.2) is 83.8 Å². The van der Waals surface area contributed by atoms with Crippen LogP contribution in [0.3, 0.4) is 0 Å². The first-order chi connectivity index (χ1) is 17.9. The molecule has 0 unspecified atom stereocenters. The maximum Gasteiger partial charge on any atom is 0.264 e. The molecule has 1 atom stereocenters. The molecular formula is C27H29N3O6S. The Bertz CT molecular complexity index is 1340. The average Bonchev–Trinajstić information content (AvgIpc) is 3.45. The molecule has 0 bridgehead atoms. The van der Waals surface area contributed by atoms with Crippen LogP contribution in [0.1, 0.15) is 23.2 Å². The van der Waals surface area contributed by atoms with E-state index in [-0.39, 0.29) is 33.8 Å². The number of para-hydroxylation sites is 1. The number of carbonyl (C=O) groups excluding carboxylic acids is 2. The van der Waals surface area contributed by atoms with Gasteiger partial charge >= 0.3 is 0 Å². The van der Waals surface area contributed by atoms with Crippen LogP contribution in [0, 0.1) is 0 Å². The second-order valence-corrected chi connectivity index (χ2v) is 10.3. The highest BCUT2D eigenvalue weighted by Crippen LogP contribution is 2.27. The average molecular weight is 524 g/mol. The maximum absolute atomic E-state index is 13.5. The zero-order valence-corrected chi connectivity index (χ0v) is 21.2. The van der Waals surface area contributed by atoms with Gasteiger partial charge in [0, 0.05) is 19.2 Å². The van der Waals surface area contributed by atoms with Crippen LogP contribution in [-0.4, -0.2) is 53.1 Å². The Kier molecular flexibility index (Phi) is 8.42. The van der Waals surface area contributed by atoms with Crippen LogP contribution >= 0.6 is 0 Å². The Balaban J connectivity index is 1.56. The highest BCUT2D eigenvalue weighted by molar-refractivity contribution is 7.92. The summed E-state index contributed by atoms with van der Waals surface area (Å²) in [5.41, 5.74) is 0.814. The Morgan fingerprint density at radius 1 is 1.03 bits per heavy atom. The number of nitrogens with one attached hydrogen (secondary N) is 2. The van der Waals surface area contributed by atoms with Gasteiger partial charge in [-0.05, 0) is 49.2 Å². The van der Waals surface area contributed by atoms with Crippen molar-refractivity contribution in [3.63, 3.8) is 0 Å². The van der Waals surface area contributed by atoms with Gasteiger partial charge < -0.3 is 20.1 Å². The first kappa shape index (κ1) is 26.2. The second-order valence-electron chi connectivity index (χ2n) is 8.47. The number of anilines is 2. The van der Waals surface area contributed by atoms with Gasteiger partial charge in [-0.3, -0.25) is 13.9 Å². The van der Waals surface area contributed by atoms with Crippen LogP contribution < -0.4 is 19.7 Å². The predicted octanol–water partition coefficient (Wildman–Crippen LogP) is 3.44. The van der Waals surface area contributed by atoms with Gasteiger partial charge in [0.2, 0.25) is 5.91 Å². The zero-order chi connectivity index (χ0) is 26.3. The van der Waals surface area contributed by atoms with Gasteiger partial charge in [0.1, 0.15) is 12.3 Å². The van der Waals surface area contributed by atoms with E-state index >= 15 is 0 Å². The smallest absolute Gasteiger partial charge is 0.264 e. The molecule has 3 aromatic rings. The fourth-order valence-corrected chi connectivity index (χ4v) is 5.45. The van der Waals surface area contributed by atoms with Crippen molar-refractivity contribution < 1.29 is 27.5 Å². The van der Waals surface area contributed by atoms with Gasteiger partial charge in [-0.15, -0.1) is 0 Å². The molecule has 0 radical (unpaired) electrons. The normalized spacial score (nSPS) is 15.1. The first-order valence-corrected chi connectivity index (χ1v) is 13.3. The maximum atomic E-state index is 13.5. The molecule has 0 saturated carbocycles. The topological polar surface area (TPSA) is 114 Å². The molecule has 37 heavy (non-hydrogen) atoms. The van der Waals surface area contributed by atoms with Crippen molar-refractivity contribution in [3.05, 3.63) is 84.4 Å². The molecule has 0 aliphatic carbocycles. The standard InChI is InChI=1S/C27H29N3O6S/c1-35-21-10-7-9-20(17-21)30(37(33,34)23-12-3-2-4-13-23)19-26(31)29-25-15-6-5-14-24(25)27(32)28-18-22-11-8-16-36-22/h2-7,9-10,12-15,17,22H,8,11,16,18-19H2,1H3,(H,28,32)(H,29,31)/t22-/m1/s1. The summed E-state index contributed by atoms with van der Waals surface area (Å²) in [6, 6.07) is 20.9. The number of carbonyl (C=O) groups is 2. The summed E-state index contributed by atoms with van der Waals surface area (Å²) >= 11 is 0. The Hall–Kier alpha value is -3.89. The third-order valence-corrected chi connectivity index (χ3v) is 7.71. The summed E-state index contributed by atoms with van der Waals surface area (Å²) < 4.78 is 38.9. The molecule has 194 valence electrons. The van der Waals surface area contributed by atoms with Gasteiger partial charge in [0.15, 0.2) is 0 Å². The lowest BCUT2D eigenvalue weighted by molar-refractivity contribution is -0.114. The molecule has 2 amide bonds. The van der Waals surface area contributed by atoms with Crippen molar-refractivity contribution >= 4 is 33.2 Å². The molecule has 10 heteroatoms. The summed E-state index contributed by atoms with van der Waals surface area (Å²) in [5, 5.41) is 5.55. The lowest BCUT2D eigenvalue weighted by atomic mass is 10.1. The van der Waals surface area contributed by atoms with E-state index in [1.807, 2.05) is 0 Å². The second kappa shape index (κ2) is 11.9. The molecule has 2 N–H and O–H groups in total. The lowest BCUT2D eigenvalue weighted by Gasteiger charge is -2.24. The van der Waals surface area contributed by atoms with Crippen LogP contribution in [0.5, 0.6) is 5.75 Å². The minimum Gasteiger partial charge on any atom is -0.497 e. The summed E-state index contributed by atoms with van der Waals surface area (Å²) in [6.45, 7) is 0.541. The molecule has 3 aromatic carbocycles. The third-order valence-electron chi connectivity index (χ3n) is 5.92. The minimum absolute atomic E-state index is 0.0229. The monoisotopic (exact) mass is 523 g/mol. The van der Waals surface area contributed by atoms with E-state index in [1.54, 1.807) is 66.7 Å². The van der Waals surface area contributed by atoms with Crippen LogP contribution in [0.4, 0.5) is 11.4 Å². The van der Waals surface area contributed by atoms with E-state index in [2.05, 4.69) is 10.6 Å². The molecule has 9 nitrogen and oxygen atoms in total. The number of rotatable bonds is 10. The molecule has 1 fully saturated rings. The van der Waals surface area contributed by atoms with E-state index in [9.17, 15) is 18.0 Å². The fourth-order valence-electron chi connectivity index (χ4n) is 4.02. The van der Waals surface area contributed by atoms with Crippen molar-refractivity contribution in [2.45, 2.75) is 23.8 Å². The van der Waals surface area contributed by atoms with Crippen molar-refractivity contribution in [1.82, 2.24) is 5.32 Å². The predicted molar refractivity (Wildman–Crippen MR) is 140 cm³/mol. The lowest BCUT2D eigenvalue weighted by Crippen LogP contribution is -2.38. The molecule has 0 spiro atoms. The number of methoxy groups -OCH3 is 1. The molecule has 1 aliphatic heterocycles. The first-order valence-electron chi connectivity index (χ1n) is 11.9. The van der Waals surface area contributed by atoms with Crippen LogP contribution in [-0.2, 0) is 19.6 Å². The van der Waals surface area contributed by atoms with E-state index < -0.39 is 22.5 Å². The summed E-state index contributed by atoms with van der Waals surface area (Å²) in [5.74, 6) is -0.519. The SMILES string of the molecule is COc1cccc(N(CC(=O)Nc2ccccc2C(=O)NC[C@H]2CCCO2)S(=O)(=O)c2ccccc2)c1. The molecular weight excluding hydrogens is 494 g/mol. The van der Waals surface area contributed by atoms with E-state index in [1.165, 1.54) is 19.2 Å². The van der Waals surface area contributed by atoms with Crippen molar-refractivity contribution in [1.29, 1.82) is 0 Å². The molecule has 0 aromatic heterocycles. The molecule has 1 saturated heterocycles. The molecule has 4 rings (SSSR count). The number of nitrogens with zero attached hydrogens (tertiary/aromatic N) is 1. The zero-order valence-electron chi connectivity index (χ0n) is 20.4. The van der Waals surface area contributed by atoms with Gasteiger partial charge in [-0.25, -0.2) is 8.42 Å². The number of hydrogen-bond acceptors (Lipinski definition) is 6. The summed E-state index contributed by atoms with van der Waals surface area (Å²) in [6.07, 6.45) is 1.82. The Morgan fingerprint density at radius 3 is 2.51 bits per heavy atom. The van der Waals surface area contributed by atoms with Crippen molar-refractivity contribution in [2.24, 2.45) is 0 Å². The number of hydrogen-bond donors (Lipinski definition) is 2. The summed E-state index contributed by atoms with van der Waals surface area (Å²) in [7, 11) is -2.61. The van der Waals surface area contributed by atoms with Crippen molar-refractivity contribution in [3.8, 4) is 5.75 Å². The molecule has 1 aliphatic rings. The fraction of sp³-hybridized carbons (Fsp3) is 0.259.